The van der Waals surface area contributed by atoms with Gasteiger partial charge in [-0.15, -0.1) is 0 Å². The molecule has 4 aromatic carbocycles. The van der Waals surface area contributed by atoms with Crippen molar-refractivity contribution in [2.45, 2.75) is 11.6 Å². The summed E-state index contributed by atoms with van der Waals surface area (Å²) in [5.74, 6) is 0. The van der Waals surface area contributed by atoms with Crippen LogP contribution in [0, 0.1) is 0 Å². The number of benzene rings is 4. The van der Waals surface area contributed by atoms with Crippen molar-refractivity contribution in [1.82, 2.24) is 0 Å². The third kappa shape index (κ3) is 3.55. The lowest BCUT2D eigenvalue weighted by Crippen LogP contribution is -2.39. The predicted octanol–water partition coefficient (Wildman–Crippen LogP) is 5.78. The SMILES string of the molecule is OC(c1ccccc1)(c1ccccc1)C(Nc1ccccc1)c1ccccc1. The number of anilines is 1. The molecule has 4 aromatic rings. The van der Waals surface area contributed by atoms with Crippen molar-refractivity contribution in [3.8, 4) is 0 Å². The van der Waals surface area contributed by atoms with Gasteiger partial charge in [0.15, 0.2) is 0 Å². The first-order valence-corrected chi connectivity index (χ1v) is 9.48. The Kier molecular flexibility index (Phi) is 5.22. The van der Waals surface area contributed by atoms with Crippen LogP contribution in [0.4, 0.5) is 5.69 Å². The Balaban J connectivity index is 1.91. The van der Waals surface area contributed by atoms with Crippen molar-refractivity contribution >= 4 is 5.69 Å². The molecule has 1 unspecified atom stereocenters. The van der Waals surface area contributed by atoms with Gasteiger partial charge in [-0.1, -0.05) is 109 Å². The predicted molar refractivity (Wildman–Crippen MR) is 115 cm³/mol. The van der Waals surface area contributed by atoms with E-state index in [-0.39, 0.29) is 6.04 Å². The third-order valence-corrected chi connectivity index (χ3v) is 5.06. The van der Waals surface area contributed by atoms with Gasteiger partial charge in [-0.2, -0.15) is 0 Å². The van der Waals surface area contributed by atoms with E-state index in [0.29, 0.717) is 0 Å². The molecule has 0 amide bonds. The zero-order chi connectivity index (χ0) is 19.2. The summed E-state index contributed by atoms with van der Waals surface area (Å²) in [6, 6.07) is 39.5. The third-order valence-electron chi connectivity index (χ3n) is 5.06. The zero-order valence-electron chi connectivity index (χ0n) is 15.6. The summed E-state index contributed by atoms with van der Waals surface area (Å²) in [5, 5.41) is 15.8. The Morgan fingerprint density at radius 3 is 1.39 bits per heavy atom. The van der Waals surface area contributed by atoms with Crippen LogP contribution in [0.5, 0.6) is 0 Å². The average molecular weight is 365 g/mol. The maximum atomic E-state index is 12.3. The Labute approximate surface area is 166 Å². The van der Waals surface area contributed by atoms with Gasteiger partial charge in [0.1, 0.15) is 5.60 Å². The van der Waals surface area contributed by atoms with Gasteiger partial charge in [-0.05, 0) is 28.8 Å². The first kappa shape index (κ1) is 18.0. The molecular formula is C26H23NO. The van der Waals surface area contributed by atoms with Gasteiger partial charge in [-0.25, -0.2) is 0 Å². The second-order valence-corrected chi connectivity index (χ2v) is 6.85. The Hall–Kier alpha value is -3.36. The van der Waals surface area contributed by atoms with Crippen LogP contribution in [0.15, 0.2) is 121 Å². The molecule has 1 atom stereocenters. The van der Waals surface area contributed by atoms with Crippen LogP contribution in [-0.2, 0) is 5.60 Å². The van der Waals surface area contributed by atoms with Gasteiger partial charge in [0.25, 0.3) is 0 Å². The minimum Gasteiger partial charge on any atom is -0.378 e. The van der Waals surface area contributed by atoms with Crippen molar-refractivity contribution in [2.75, 3.05) is 5.32 Å². The van der Waals surface area contributed by atoms with Gasteiger partial charge in [0.05, 0.1) is 6.04 Å². The smallest absolute Gasteiger partial charge is 0.139 e. The fourth-order valence-electron chi connectivity index (χ4n) is 3.66. The second-order valence-electron chi connectivity index (χ2n) is 6.85. The van der Waals surface area contributed by atoms with Crippen LogP contribution in [0.1, 0.15) is 22.7 Å². The highest BCUT2D eigenvalue weighted by Gasteiger charge is 2.41. The molecule has 0 saturated heterocycles. The summed E-state index contributed by atoms with van der Waals surface area (Å²) in [5.41, 5.74) is 2.42. The number of nitrogens with one attached hydrogen (secondary N) is 1. The molecule has 0 radical (unpaired) electrons. The molecule has 28 heavy (non-hydrogen) atoms. The molecule has 2 N–H and O–H groups in total. The Morgan fingerprint density at radius 1 is 0.536 bits per heavy atom. The summed E-state index contributed by atoms with van der Waals surface area (Å²) in [6.45, 7) is 0. The normalized spacial score (nSPS) is 12.3. The number of rotatable bonds is 6. The molecule has 0 bridgehead atoms. The summed E-state index contributed by atoms with van der Waals surface area (Å²) >= 11 is 0. The second kappa shape index (κ2) is 8.12. The molecule has 138 valence electrons. The number of hydrogen-bond donors (Lipinski definition) is 2. The molecule has 0 saturated carbocycles. The van der Waals surface area contributed by atoms with E-state index >= 15 is 0 Å². The molecule has 0 heterocycles. The molecule has 2 nitrogen and oxygen atoms in total. The van der Waals surface area contributed by atoms with E-state index < -0.39 is 5.60 Å². The average Bonchev–Trinajstić information content (AvgIpc) is 2.79. The van der Waals surface area contributed by atoms with Crippen molar-refractivity contribution in [1.29, 1.82) is 0 Å². The molecule has 2 heteroatoms. The highest BCUT2D eigenvalue weighted by atomic mass is 16.3. The number of hydrogen-bond acceptors (Lipinski definition) is 2. The lowest BCUT2D eigenvalue weighted by Gasteiger charge is -2.38. The van der Waals surface area contributed by atoms with E-state index in [1.165, 1.54) is 0 Å². The van der Waals surface area contributed by atoms with Gasteiger partial charge < -0.3 is 10.4 Å². The summed E-state index contributed by atoms with van der Waals surface area (Å²) < 4.78 is 0. The fraction of sp³-hybridized carbons (Fsp3) is 0.0769. The van der Waals surface area contributed by atoms with Gasteiger partial charge >= 0.3 is 0 Å². The summed E-state index contributed by atoms with van der Waals surface area (Å²) in [7, 11) is 0. The summed E-state index contributed by atoms with van der Waals surface area (Å²) in [6.07, 6.45) is 0. The van der Waals surface area contributed by atoms with Crippen LogP contribution in [0.2, 0.25) is 0 Å². The highest BCUT2D eigenvalue weighted by Crippen LogP contribution is 2.42. The molecule has 0 spiro atoms. The van der Waals surface area contributed by atoms with Crippen LogP contribution in [0.25, 0.3) is 0 Å². The maximum absolute atomic E-state index is 12.3. The molecule has 0 aliphatic rings. The van der Waals surface area contributed by atoms with Gasteiger partial charge in [-0.3, -0.25) is 0 Å². The number of para-hydroxylation sites is 1. The van der Waals surface area contributed by atoms with Crippen LogP contribution in [0.3, 0.4) is 0 Å². The molecule has 0 aliphatic carbocycles. The first-order valence-electron chi connectivity index (χ1n) is 9.48. The first-order chi connectivity index (χ1) is 13.8. The van der Waals surface area contributed by atoms with Crippen molar-refractivity contribution in [3.63, 3.8) is 0 Å². The van der Waals surface area contributed by atoms with E-state index in [4.69, 9.17) is 0 Å². The van der Waals surface area contributed by atoms with E-state index in [0.717, 1.165) is 22.4 Å². The topological polar surface area (TPSA) is 32.3 Å². The van der Waals surface area contributed by atoms with E-state index in [1.54, 1.807) is 0 Å². The molecule has 0 aromatic heterocycles. The zero-order valence-corrected chi connectivity index (χ0v) is 15.6. The molecule has 0 fully saturated rings. The summed E-state index contributed by atoms with van der Waals surface area (Å²) in [4.78, 5) is 0. The minimum absolute atomic E-state index is 0.374. The van der Waals surface area contributed by atoms with Crippen molar-refractivity contribution in [3.05, 3.63) is 138 Å². The van der Waals surface area contributed by atoms with Crippen molar-refractivity contribution in [2.24, 2.45) is 0 Å². The largest absolute Gasteiger partial charge is 0.378 e. The monoisotopic (exact) mass is 365 g/mol. The van der Waals surface area contributed by atoms with Crippen LogP contribution in [-0.4, -0.2) is 5.11 Å². The quantitative estimate of drug-likeness (QED) is 0.454. The standard InChI is InChI=1S/C26H23NO/c28-26(22-15-7-2-8-16-22,23-17-9-3-10-18-23)25(21-13-5-1-6-14-21)27-24-19-11-4-12-20-24/h1-20,25,27-28H. The fourth-order valence-corrected chi connectivity index (χ4v) is 3.66. The maximum Gasteiger partial charge on any atom is 0.139 e. The van der Waals surface area contributed by atoms with Gasteiger partial charge in [0.2, 0.25) is 0 Å². The minimum atomic E-state index is -1.25. The Bertz CT molecular complexity index is 946. The van der Waals surface area contributed by atoms with E-state index in [1.807, 2.05) is 109 Å². The highest BCUT2D eigenvalue weighted by molar-refractivity contribution is 5.50. The van der Waals surface area contributed by atoms with E-state index in [2.05, 4.69) is 17.4 Å². The molecule has 4 rings (SSSR count). The molecular weight excluding hydrogens is 342 g/mol. The van der Waals surface area contributed by atoms with E-state index in [9.17, 15) is 5.11 Å². The number of aliphatic hydroxyl groups is 1. The lowest BCUT2D eigenvalue weighted by molar-refractivity contribution is 0.0586. The van der Waals surface area contributed by atoms with Crippen LogP contribution >= 0.6 is 0 Å². The molecule has 0 aliphatic heterocycles. The Morgan fingerprint density at radius 2 is 0.929 bits per heavy atom. The van der Waals surface area contributed by atoms with Crippen molar-refractivity contribution < 1.29 is 5.11 Å². The van der Waals surface area contributed by atoms with Crippen LogP contribution < -0.4 is 5.32 Å². The lowest BCUT2D eigenvalue weighted by atomic mass is 9.77. The van der Waals surface area contributed by atoms with Gasteiger partial charge in [0, 0.05) is 5.69 Å².